The van der Waals surface area contributed by atoms with Gasteiger partial charge in [-0.1, -0.05) is 50.1 Å². The van der Waals surface area contributed by atoms with Gasteiger partial charge in [-0.05, 0) is 77.3 Å². The van der Waals surface area contributed by atoms with Gasteiger partial charge >= 0.3 is 12.0 Å². The van der Waals surface area contributed by atoms with Crippen molar-refractivity contribution in [3.05, 3.63) is 96.0 Å². The maximum atomic E-state index is 12.6. The Morgan fingerprint density at radius 2 is 1.76 bits per heavy atom. The number of urea groups is 1. The number of amides is 3. The molecule has 1 heterocycles. The van der Waals surface area contributed by atoms with Crippen LogP contribution in [-0.2, 0) is 20.9 Å². The van der Waals surface area contributed by atoms with Crippen molar-refractivity contribution in [3.63, 3.8) is 0 Å². The van der Waals surface area contributed by atoms with E-state index in [0.29, 0.717) is 39.4 Å². The number of benzene rings is 3. The fraction of sp³-hybridized carbons (Fsp3) is 0.226. The Morgan fingerprint density at radius 1 is 1.00 bits per heavy atom. The van der Waals surface area contributed by atoms with Gasteiger partial charge in [-0.25, -0.2) is 15.0 Å². The molecule has 14 heteroatoms. The lowest BCUT2D eigenvalue weighted by Crippen LogP contribution is -2.45. The number of carbonyl (C=O) groups excluding carboxylic acids is 3. The van der Waals surface area contributed by atoms with E-state index in [9.17, 15) is 14.4 Å². The molecule has 4 rings (SSSR count). The molecule has 45 heavy (non-hydrogen) atoms. The van der Waals surface area contributed by atoms with Crippen LogP contribution in [0.15, 0.2) is 84.4 Å². The van der Waals surface area contributed by atoms with Gasteiger partial charge in [0.05, 0.1) is 36.0 Å². The summed E-state index contributed by atoms with van der Waals surface area (Å²) in [7, 11) is 1.44. The first-order chi connectivity index (χ1) is 21.6. The van der Waals surface area contributed by atoms with Crippen LogP contribution in [0, 0.1) is 0 Å². The predicted octanol–water partition coefficient (Wildman–Crippen LogP) is 6.28. The summed E-state index contributed by atoms with van der Waals surface area (Å²) in [5.74, 6) is 0.0592. The Morgan fingerprint density at radius 3 is 2.47 bits per heavy atom. The van der Waals surface area contributed by atoms with E-state index in [1.165, 1.54) is 13.3 Å². The van der Waals surface area contributed by atoms with Crippen molar-refractivity contribution in [1.29, 1.82) is 0 Å². The van der Waals surface area contributed by atoms with E-state index < -0.39 is 23.9 Å². The zero-order valence-electron chi connectivity index (χ0n) is 24.4. The summed E-state index contributed by atoms with van der Waals surface area (Å²) in [5, 5.41) is 9.41. The molecule has 1 atom stereocenters. The van der Waals surface area contributed by atoms with Crippen LogP contribution in [0.4, 0.5) is 4.79 Å². The molecule has 3 aromatic carbocycles. The molecule has 0 aromatic heterocycles. The van der Waals surface area contributed by atoms with Crippen molar-refractivity contribution in [2.24, 2.45) is 5.10 Å². The Bertz CT molecular complexity index is 1640. The fourth-order valence-electron chi connectivity index (χ4n) is 4.32. The van der Waals surface area contributed by atoms with Gasteiger partial charge in [0, 0.05) is 20.2 Å². The Balaban J connectivity index is 1.41. The van der Waals surface area contributed by atoms with Gasteiger partial charge in [0.15, 0.2) is 18.1 Å². The molecule has 1 aliphatic rings. The Kier molecular flexibility index (Phi) is 12.0. The average Bonchev–Trinajstić information content (AvgIpc) is 3.00. The van der Waals surface area contributed by atoms with E-state index in [1.807, 2.05) is 36.4 Å². The van der Waals surface area contributed by atoms with Crippen molar-refractivity contribution in [1.82, 2.24) is 16.1 Å². The van der Waals surface area contributed by atoms with E-state index >= 15 is 0 Å². The van der Waals surface area contributed by atoms with E-state index in [4.69, 9.17) is 18.9 Å². The van der Waals surface area contributed by atoms with Gasteiger partial charge in [0.25, 0.3) is 5.91 Å². The molecule has 11 nitrogen and oxygen atoms in total. The SMILES string of the molecule is CCOC(=O)C1=C(C)NC(=O)N[C@@H]1c1ccc(OCC(=O)N/N=C/c2cc(Br)cc(Br)c2OCc2ccc(Br)cc2)c(OC)c1. The lowest BCUT2D eigenvalue weighted by atomic mass is 9.95. The molecule has 0 saturated carbocycles. The largest absolute Gasteiger partial charge is 0.493 e. The number of hydrogen-bond acceptors (Lipinski definition) is 8. The first kappa shape index (κ1) is 34.0. The number of nitrogens with zero attached hydrogens (tertiary/aromatic N) is 1. The molecule has 3 N–H and O–H groups in total. The van der Waals surface area contributed by atoms with Gasteiger partial charge in [-0.3, -0.25) is 4.79 Å². The second-order valence-corrected chi connectivity index (χ2v) is 12.2. The number of ether oxygens (including phenoxy) is 4. The highest BCUT2D eigenvalue weighted by molar-refractivity contribution is 9.11. The molecular weight excluding hydrogens is 780 g/mol. The summed E-state index contributed by atoms with van der Waals surface area (Å²) >= 11 is 10.4. The van der Waals surface area contributed by atoms with Gasteiger partial charge < -0.3 is 29.6 Å². The smallest absolute Gasteiger partial charge is 0.338 e. The van der Waals surface area contributed by atoms with Crippen molar-refractivity contribution < 1.29 is 33.3 Å². The maximum Gasteiger partial charge on any atom is 0.338 e. The van der Waals surface area contributed by atoms with E-state index in [-0.39, 0.29) is 24.5 Å². The second-order valence-electron chi connectivity index (χ2n) is 9.50. The molecule has 0 fully saturated rings. The van der Waals surface area contributed by atoms with E-state index in [1.54, 1.807) is 32.0 Å². The fourth-order valence-corrected chi connectivity index (χ4v) is 5.96. The molecule has 0 unspecified atom stereocenters. The number of hydrogen-bond donors (Lipinski definition) is 3. The third-order valence-corrected chi connectivity index (χ3v) is 7.95. The van der Waals surface area contributed by atoms with Crippen molar-refractivity contribution in [2.45, 2.75) is 26.5 Å². The number of allylic oxidation sites excluding steroid dienone is 1. The van der Waals surface area contributed by atoms with Gasteiger partial charge in [0.1, 0.15) is 12.4 Å². The van der Waals surface area contributed by atoms with Crippen LogP contribution in [-0.4, -0.2) is 44.4 Å². The van der Waals surface area contributed by atoms with Crippen molar-refractivity contribution in [2.75, 3.05) is 20.3 Å². The van der Waals surface area contributed by atoms with Crippen LogP contribution < -0.4 is 30.3 Å². The molecule has 0 aliphatic carbocycles. The average molecular weight is 809 g/mol. The number of nitrogens with one attached hydrogen (secondary N) is 3. The lowest BCUT2D eigenvalue weighted by molar-refractivity contribution is -0.139. The van der Waals surface area contributed by atoms with Crippen molar-refractivity contribution in [3.8, 4) is 17.2 Å². The molecule has 0 radical (unpaired) electrons. The first-order valence-corrected chi connectivity index (χ1v) is 15.9. The molecule has 0 spiro atoms. The molecule has 236 valence electrons. The summed E-state index contributed by atoms with van der Waals surface area (Å²) in [5.41, 5.74) is 5.27. The highest BCUT2D eigenvalue weighted by Gasteiger charge is 2.32. The van der Waals surface area contributed by atoms with Crippen LogP contribution in [0.25, 0.3) is 0 Å². The summed E-state index contributed by atoms with van der Waals surface area (Å²) in [6.45, 7) is 3.48. The summed E-state index contributed by atoms with van der Waals surface area (Å²) in [6, 6.07) is 15.1. The Labute approximate surface area is 285 Å². The number of halogens is 3. The van der Waals surface area contributed by atoms with Gasteiger partial charge in [-0.2, -0.15) is 5.10 Å². The third kappa shape index (κ3) is 9.08. The standard InChI is InChI=1S/C31H29Br3N4O7/c1-4-43-30(40)27-17(2)36-31(41)37-28(27)19-7-10-24(25(12-19)42-3)44-16-26(39)38-35-14-20-11-22(33)13-23(34)29(20)45-15-18-5-8-21(32)9-6-18/h5-14,28H,4,15-16H2,1-3H3,(H,38,39)(H2,36,37,41)/b35-14+/t28-/m1/s1. The van der Waals surface area contributed by atoms with E-state index in [2.05, 4.69) is 69.0 Å². The summed E-state index contributed by atoms with van der Waals surface area (Å²) < 4.78 is 24.9. The number of carbonyl (C=O) groups is 3. The highest BCUT2D eigenvalue weighted by Crippen LogP contribution is 2.35. The lowest BCUT2D eigenvalue weighted by Gasteiger charge is -2.28. The first-order valence-electron chi connectivity index (χ1n) is 13.5. The molecule has 3 amide bonds. The normalized spacial score (nSPS) is 14.4. The molecule has 0 saturated heterocycles. The second kappa shape index (κ2) is 15.9. The predicted molar refractivity (Wildman–Crippen MR) is 178 cm³/mol. The molecular formula is C31H29Br3N4O7. The minimum atomic E-state index is -0.778. The number of methoxy groups -OCH3 is 1. The quantitative estimate of drug-likeness (QED) is 0.111. The zero-order chi connectivity index (χ0) is 32.5. The van der Waals surface area contributed by atoms with E-state index in [0.717, 1.165) is 14.5 Å². The van der Waals surface area contributed by atoms with Crippen LogP contribution in [0.5, 0.6) is 17.2 Å². The topological polar surface area (TPSA) is 137 Å². The van der Waals surface area contributed by atoms with Gasteiger partial charge in [0.2, 0.25) is 0 Å². The maximum absolute atomic E-state index is 12.6. The van der Waals surface area contributed by atoms with Crippen molar-refractivity contribution >= 4 is 71.9 Å². The monoisotopic (exact) mass is 806 g/mol. The van der Waals surface area contributed by atoms with Crippen LogP contribution >= 0.6 is 47.8 Å². The Hall–Kier alpha value is -3.88. The molecule has 0 bridgehead atoms. The third-order valence-electron chi connectivity index (χ3n) is 6.37. The number of rotatable bonds is 12. The summed E-state index contributed by atoms with van der Waals surface area (Å²) in [6.07, 6.45) is 1.48. The molecule has 1 aliphatic heterocycles. The molecule has 3 aromatic rings. The van der Waals surface area contributed by atoms with Gasteiger partial charge in [-0.15, -0.1) is 0 Å². The zero-order valence-corrected chi connectivity index (χ0v) is 29.2. The van der Waals surface area contributed by atoms with Crippen LogP contribution in [0.3, 0.4) is 0 Å². The highest BCUT2D eigenvalue weighted by atomic mass is 79.9. The number of hydrazone groups is 1. The van der Waals surface area contributed by atoms with Crippen LogP contribution in [0.1, 0.15) is 36.6 Å². The van der Waals surface area contributed by atoms with Crippen LogP contribution in [0.2, 0.25) is 0 Å². The minimum absolute atomic E-state index is 0.181. The minimum Gasteiger partial charge on any atom is -0.493 e. The summed E-state index contributed by atoms with van der Waals surface area (Å²) in [4.78, 5) is 37.4. The number of esters is 1.